The van der Waals surface area contributed by atoms with Gasteiger partial charge in [0.15, 0.2) is 0 Å². The first kappa shape index (κ1) is 13.5. The van der Waals surface area contributed by atoms with Gasteiger partial charge in [-0.1, -0.05) is 24.3 Å². The topological polar surface area (TPSA) is 59.9 Å². The molecule has 2 rings (SSSR count). The minimum absolute atomic E-state index is 0.678. The SMILES string of the molecule is CC/C=C(\Cc1ncccc1OC)Nc1nncs1. The molecule has 2 aromatic rings. The van der Waals surface area contributed by atoms with Crippen molar-refractivity contribution in [2.75, 3.05) is 12.4 Å². The molecule has 0 bridgehead atoms. The van der Waals surface area contributed by atoms with Crippen molar-refractivity contribution in [1.82, 2.24) is 15.2 Å². The van der Waals surface area contributed by atoms with Crippen LogP contribution in [0.4, 0.5) is 5.13 Å². The zero-order chi connectivity index (χ0) is 13.5. The lowest BCUT2D eigenvalue weighted by atomic mass is 10.2. The molecule has 0 spiro atoms. The van der Waals surface area contributed by atoms with Crippen LogP contribution in [0, 0.1) is 0 Å². The van der Waals surface area contributed by atoms with Crippen LogP contribution in [0.1, 0.15) is 19.0 Å². The monoisotopic (exact) mass is 276 g/mol. The van der Waals surface area contributed by atoms with E-state index in [4.69, 9.17) is 4.74 Å². The molecule has 0 saturated heterocycles. The summed E-state index contributed by atoms with van der Waals surface area (Å²) in [5, 5.41) is 11.9. The van der Waals surface area contributed by atoms with Crippen LogP contribution in [0.5, 0.6) is 5.75 Å². The average Bonchev–Trinajstić information content (AvgIpc) is 2.92. The zero-order valence-corrected chi connectivity index (χ0v) is 11.8. The number of nitrogens with zero attached hydrogens (tertiary/aromatic N) is 3. The molecule has 0 amide bonds. The molecule has 100 valence electrons. The lowest BCUT2D eigenvalue weighted by Gasteiger charge is -2.10. The highest BCUT2D eigenvalue weighted by Crippen LogP contribution is 2.20. The van der Waals surface area contributed by atoms with E-state index >= 15 is 0 Å². The summed E-state index contributed by atoms with van der Waals surface area (Å²) in [6, 6.07) is 3.78. The number of allylic oxidation sites excluding steroid dienone is 2. The van der Waals surface area contributed by atoms with Crippen molar-refractivity contribution in [3.8, 4) is 5.75 Å². The number of hydrogen-bond acceptors (Lipinski definition) is 6. The molecule has 2 aromatic heterocycles. The summed E-state index contributed by atoms with van der Waals surface area (Å²) in [7, 11) is 1.65. The maximum atomic E-state index is 5.32. The molecule has 0 atom stereocenters. The van der Waals surface area contributed by atoms with Gasteiger partial charge < -0.3 is 10.1 Å². The molecule has 0 aromatic carbocycles. The highest BCUT2D eigenvalue weighted by molar-refractivity contribution is 7.13. The van der Waals surface area contributed by atoms with Crippen LogP contribution >= 0.6 is 11.3 Å². The first-order valence-electron chi connectivity index (χ1n) is 6.03. The van der Waals surface area contributed by atoms with Crippen molar-refractivity contribution in [2.24, 2.45) is 0 Å². The number of aromatic nitrogens is 3. The van der Waals surface area contributed by atoms with Gasteiger partial charge in [0.05, 0.1) is 12.8 Å². The number of rotatable bonds is 6. The average molecular weight is 276 g/mol. The first-order chi connectivity index (χ1) is 9.33. The summed E-state index contributed by atoms with van der Waals surface area (Å²) in [6.07, 6.45) is 5.51. The zero-order valence-electron chi connectivity index (χ0n) is 11.0. The third-order valence-corrected chi connectivity index (χ3v) is 3.11. The van der Waals surface area contributed by atoms with E-state index < -0.39 is 0 Å². The van der Waals surface area contributed by atoms with Gasteiger partial charge in [0, 0.05) is 18.3 Å². The number of hydrogen-bond donors (Lipinski definition) is 1. The van der Waals surface area contributed by atoms with Gasteiger partial charge in [0.1, 0.15) is 11.3 Å². The van der Waals surface area contributed by atoms with Crippen LogP contribution in [-0.4, -0.2) is 22.3 Å². The lowest BCUT2D eigenvalue weighted by molar-refractivity contribution is 0.408. The quantitative estimate of drug-likeness (QED) is 0.879. The molecule has 0 unspecified atom stereocenters. The molecular weight excluding hydrogens is 260 g/mol. The fraction of sp³-hybridized carbons (Fsp3) is 0.308. The molecule has 19 heavy (non-hydrogen) atoms. The van der Waals surface area contributed by atoms with E-state index in [2.05, 4.69) is 33.5 Å². The van der Waals surface area contributed by atoms with E-state index in [0.717, 1.165) is 28.7 Å². The molecule has 2 heterocycles. The van der Waals surface area contributed by atoms with E-state index in [9.17, 15) is 0 Å². The second-order valence-corrected chi connectivity index (χ2v) is 4.67. The number of anilines is 1. The van der Waals surface area contributed by atoms with Gasteiger partial charge in [-0.2, -0.15) is 0 Å². The van der Waals surface area contributed by atoms with Gasteiger partial charge in [-0.05, 0) is 18.6 Å². The fourth-order valence-corrected chi connectivity index (χ4v) is 2.18. The van der Waals surface area contributed by atoms with Crippen LogP contribution in [0.2, 0.25) is 0 Å². The van der Waals surface area contributed by atoms with Gasteiger partial charge in [-0.25, -0.2) is 0 Å². The Morgan fingerprint density at radius 2 is 2.42 bits per heavy atom. The third kappa shape index (κ3) is 3.75. The molecule has 0 saturated carbocycles. The summed E-state index contributed by atoms with van der Waals surface area (Å²) < 4.78 is 5.32. The van der Waals surface area contributed by atoms with Crippen molar-refractivity contribution in [2.45, 2.75) is 19.8 Å². The molecule has 0 aliphatic heterocycles. The molecular formula is C13H16N4OS. The first-order valence-corrected chi connectivity index (χ1v) is 6.91. The second-order valence-electron chi connectivity index (χ2n) is 3.84. The van der Waals surface area contributed by atoms with Gasteiger partial charge in [0.2, 0.25) is 5.13 Å². The summed E-state index contributed by atoms with van der Waals surface area (Å²) >= 11 is 1.47. The number of methoxy groups -OCH3 is 1. The minimum atomic E-state index is 0.678. The van der Waals surface area contributed by atoms with Gasteiger partial charge in [0.25, 0.3) is 0 Å². The summed E-state index contributed by atoms with van der Waals surface area (Å²) in [4.78, 5) is 4.36. The second kappa shape index (κ2) is 6.84. The van der Waals surface area contributed by atoms with Crippen molar-refractivity contribution in [3.05, 3.63) is 41.3 Å². The summed E-state index contributed by atoms with van der Waals surface area (Å²) in [6.45, 7) is 2.09. The van der Waals surface area contributed by atoms with Crippen molar-refractivity contribution < 1.29 is 4.74 Å². The summed E-state index contributed by atoms with van der Waals surface area (Å²) in [5.74, 6) is 0.795. The van der Waals surface area contributed by atoms with Crippen molar-refractivity contribution in [3.63, 3.8) is 0 Å². The molecule has 1 N–H and O–H groups in total. The van der Waals surface area contributed by atoms with Crippen LogP contribution in [0.3, 0.4) is 0 Å². The minimum Gasteiger partial charge on any atom is -0.495 e. The van der Waals surface area contributed by atoms with Crippen molar-refractivity contribution >= 4 is 16.5 Å². The predicted molar refractivity (Wildman–Crippen MR) is 76.4 cm³/mol. The maximum Gasteiger partial charge on any atom is 0.209 e. The summed E-state index contributed by atoms with van der Waals surface area (Å²) in [5.41, 5.74) is 3.66. The van der Waals surface area contributed by atoms with Crippen LogP contribution in [0.25, 0.3) is 0 Å². The van der Waals surface area contributed by atoms with E-state index in [1.54, 1.807) is 18.8 Å². The highest BCUT2D eigenvalue weighted by Gasteiger charge is 2.08. The largest absolute Gasteiger partial charge is 0.495 e. The van der Waals surface area contributed by atoms with Gasteiger partial charge in [-0.15, -0.1) is 10.2 Å². The molecule has 0 aliphatic rings. The Morgan fingerprint density at radius 3 is 3.11 bits per heavy atom. The van der Waals surface area contributed by atoms with Crippen molar-refractivity contribution in [1.29, 1.82) is 0 Å². The Hall–Kier alpha value is -1.95. The number of pyridine rings is 1. The fourth-order valence-electron chi connectivity index (χ4n) is 1.70. The van der Waals surface area contributed by atoms with E-state index in [-0.39, 0.29) is 0 Å². The number of ether oxygens (including phenoxy) is 1. The molecule has 6 heteroatoms. The van der Waals surface area contributed by atoms with E-state index in [1.165, 1.54) is 11.3 Å². The normalized spacial score (nSPS) is 11.4. The van der Waals surface area contributed by atoms with E-state index in [0.29, 0.717) is 6.42 Å². The molecule has 5 nitrogen and oxygen atoms in total. The Balaban J connectivity index is 2.14. The van der Waals surface area contributed by atoms with Gasteiger partial charge >= 0.3 is 0 Å². The molecule has 0 aliphatic carbocycles. The molecule has 0 radical (unpaired) electrons. The van der Waals surface area contributed by atoms with Crippen LogP contribution < -0.4 is 10.1 Å². The molecule has 0 fully saturated rings. The highest BCUT2D eigenvalue weighted by atomic mass is 32.1. The Labute approximate surface area is 116 Å². The van der Waals surface area contributed by atoms with Crippen LogP contribution in [0.15, 0.2) is 35.6 Å². The lowest BCUT2D eigenvalue weighted by Crippen LogP contribution is -2.05. The smallest absolute Gasteiger partial charge is 0.209 e. The maximum absolute atomic E-state index is 5.32. The Morgan fingerprint density at radius 1 is 1.53 bits per heavy atom. The third-order valence-electron chi connectivity index (χ3n) is 2.50. The predicted octanol–water partition coefficient (Wildman–Crippen LogP) is 2.89. The Kier molecular flexibility index (Phi) is 4.85. The Bertz CT molecular complexity index is 539. The standard InChI is InChI=1S/C13H16N4OS/c1-3-5-10(16-13-17-15-9-19-13)8-11-12(18-2)6-4-7-14-11/h4-7,9H,3,8H2,1-2H3,(H,16,17)/b10-5+. The van der Waals surface area contributed by atoms with Crippen LogP contribution in [-0.2, 0) is 6.42 Å². The van der Waals surface area contributed by atoms with Gasteiger partial charge in [-0.3, -0.25) is 4.98 Å². The number of nitrogens with one attached hydrogen (secondary N) is 1. The van der Waals surface area contributed by atoms with E-state index in [1.807, 2.05) is 12.1 Å².